The summed E-state index contributed by atoms with van der Waals surface area (Å²) < 4.78 is 22.9. The second kappa shape index (κ2) is 6.90. The van der Waals surface area contributed by atoms with E-state index in [1.165, 1.54) is 11.1 Å². The first kappa shape index (κ1) is 15.2. The Bertz CT molecular complexity index is 468. The van der Waals surface area contributed by atoms with Crippen molar-refractivity contribution < 1.29 is 8.42 Å². The van der Waals surface area contributed by atoms with E-state index in [4.69, 9.17) is 0 Å². The average Bonchev–Trinajstić information content (AvgIpc) is 2.36. The molecule has 0 saturated heterocycles. The van der Waals surface area contributed by atoms with Crippen molar-refractivity contribution in [2.45, 2.75) is 32.7 Å². The third kappa shape index (κ3) is 4.42. The summed E-state index contributed by atoms with van der Waals surface area (Å²) in [5.74, 6) is 0.523. The fourth-order valence-electron chi connectivity index (χ4n) is 2.08. The molecule has 1 unspecified atom stereocenters. The van der Waals surface area contributed by atoms with Gasteiger partial charge in [0.05, 0.1) is 5.75 Å². The van der Waals surface area contributed by atoms with Crippen LogP contribution in [0.25, 0.3) is 0 Å². The van der Waals surface area contributed by atoms with Crippen LogP contribution in [0.3, 0.4) is 0 Å². The summed E-state index contributed by atoms with van der Waals surface area (Å²) in [6, 6.07) is 8.47. The number of aryl methyl sites for hydroxylation is 1. The molecule has 0 fully saturated rings. The Morgan fingerprint density at radius 1 is 1.28 bits per heavy atom. The molecule has 0 heterocycles. The Morgan fingerprint density at radius 3 is 2.50 bits per heavy atom. The van der Waals surface area contributed by atoms with Gasteiger partial charge >= 0.3 is 0 Å². The van der Waals surface area contributed by atoms with E-state index >= 15 is 0 Å². The number of hydrogen-bond donors (Lipinski definition) is 1. The number of benzene rings is 1. The fraction of sp³-hybridized carbons (Fsp3) is 0.571. The van der Waals surface area contributed by atoms with E-state index in [0.717, 1.165) is 6.42 Å². The van der Waals surface area contributed by atoms with Gasteiger partial charge in [0.1, 0.15) is 9.84 Å². The Kier molecular flexibility index (Phi) is 5.82. The Balaban J connectivity index is 2.61. The maximum Gasteiger partial charge on any atom is 0.150 e. The highest BCUT2D eigenvalue weighted by Gasteiger charge is 2.13. The lowest BCUT2D eigenvalue weighted by atomic mass is 9.98. The number of hydrogen-bond acceptors (Lipinski definition) is 3. The summed E-state index contributed by atoms with van der Waals surface area (Å²) in [7, 11) is -0.921. The van der Waals surface area contributed by atoms with Gasteiger partial charge in [0.15, 0.2) is 0 Å². The quantitative estimate of drug-likeness (QED) is 0.827. The average molecular weight is 269 g/mol. The van der Waals surface area contributed by atoms with Gasteiger partial charge in [-0.2, -0.15) is 0 Å². The van der Waals surface area contributed by atoms with Gasteiger partial charge in [-0.1, -0.05) is 31.2 Å². The van der Waals surface area contributed by atoms with Gasteiger partial charge in [-0.05, 0) is 37.9 Å². The molecule has 0 aliphatic carbocycles. The van der Waals surface area contributed by atoms with Crippen LogP contribution in [-0.4, -0.2) is 27.0 Å². The SMILES string of the molecule is CCS(=O)(=O)CCCC(NC)c1ccccc1C. The third-order valence-corrected chi connectivity index (χ3v) is 5.09. The van der Waals surface area contributed by atoms with Crippen molar-refractivity contribution in [2.24, 2.45) is 0 Å². The molecule has 0 aromatic heterocycles. The van der Waals surface area contributed by atoms with Gasteiger partial charge < -0.3 is 5.32 Å². The van der Waals surface area contributed by atoms with Gasteiger partial charge in [0.25, 0.3) is 0 Å². The van der Waals surface area contributed by atoms with Crippen LogP contribution in [0, 0.1) is 6.92 Å². The highest BCUT2D eigenvalue weighted by Crippen LogP contribution is 2.21. The molecule has 1 atom stereocenters. The zero-order valence-electron chi connectivity index (χ0n) is 11.4. The number of nitrogens with one attached hydrogen (secondary N) is 1. The van der Waals surface area contributed by atoms with Crippen LogP contribution < -0.4 is 5.32 Å². The summed E-state index contributed by atoms with van der Waals surface area (Å²) in [4.78, 5) is 0. The van der Waals surface area contributed by atoms with E-state index in [0.29, 0.717) is 6.42 Å². The monoisotopic (exact) mass is 269 g/mol. The van der Waals surface area contributed by atoms with Crippen LogP contribution >= 0.6 is 0 Å². The van der Waals surface area contributed by atoms with E-state index in [2.05, 4.69) is 24.4 Å². The van der Waals surface area contributed by atoms with Gasteiger partial charge in [-0.3, -0.25) is 0 Å². The second-order valence-electron chi connectivity index (χ2n) is 4.58. The van der Waals surface area contributed by atoms with Gasteiger partial charge in [-0.15, -0.1) is 0 Å². The van der Waals surface area contributed by atoms with Crippen LogP contribution in [0.15, 0.2) is 24.3 Å². The largest absolute Gasteiger partial charge is 0.313 e. The van der Waals surface area contributed by atoms with Crippen molar-refractivity contribution in [1.29, 1.82) is 0 Å². The number of rotatable bonds is 7. The topological polar surface area (TPSA) is 46.2 Å². The van der Waals surface area contributed by atoms with Crippen molar-refractivity contribution >= 4 is 9.84 Å². The van der Waals surface area contributed by atoms with Gasteiger partial charge in [0.2, 0.25) is 0 Å². The van der Waals surface area contributed by atoms with Crippen molar-refractivity contribution in [3.63, 3.8) is 0 Å². The zero-order valence-corrected chi connectivity index (χ0v) is 12.3. The molecule has 0 spiro atoms. The van der Waals surface area contributed by atoms with Crippen LogP contribution in [0.1, 0.15) is 36.9 Å². The standard InChI is InChI=1S/C14H23NO2S/c1-4-18(16,17)11-7-10-14(15-3)13-9-6-5-8-12(13)2/h5-6,8-9,14-15H,4,7,10-11H2,1-3H3. The molecule has 3 nitrogen and oxygen atoms in total. The fourth-order valence-corrected chi connectivity index (χ4v) is 2.98. The Labute approximate surface area is 111 Å². The van der Waals surface area contributed by atoms with Crippen molar-refractivity contribution in [3.05, 3.63) is 35.4 Å². The summed E-state index contributed by atoms with van der Waals surface area (Å²) in [5, 5.41) is 3.27. The lowest BCUT2D eigenvalue weighted by molar-refractivity contribution is 0.533. The predicted octanol–water partition coefficient (Wildman–Crippen LogP) is 2.47. The summed E-state index contributed by atoms with van der Waals surface area (Å²) in [6.07, 6.45) is 1.55. The van der Waals surface area contributed by atoms with E-state index in [1.807, 2.05) is 19.2 Å². The summed E-state index contributed by atoms with van der Waals surface area (Å²) >= 11 is 0. The predicted molar refractivity (Wildman–Crippen MR) is 76.5 cm³/mol. The lowest BCUT2D eigenvalue weighted by Gasteiger charge is -2.18. The Morgan fingerprint density at radius 2 is 1.94 bits per heavy atom. The molecule has 18 heavy (non-hydrogen) atoms. The molecule has 0 bridgehead atoms. The van der Waals surface area contributed by atoms with Crippen LogP contribution in [0.2, 0.25) is 0 Å². The van der Waals surface area contributed by atoms with Gasteiger partial charge in [-0.25, -0.2) is 8.42 Å². The molecule has 0 amide bonds. The second-order valence-corrected chi connectivity index (χ2v) is 7.05. The molecule has 102 valence electrons. The Hall–Kier alpha value is -0.870. The molecule has 1 aromatic rings. The molecule has 0 aliphatic heterocycles. The highest BCUT2D eigenvalue weighted by molar-refractivity contribution is 7.91. The molecule has 1 rings (SSSR count). The van der Waals surface area contributed by atoms with Crippen molar-refractivity contribution in [2.75, 3.05) is 18.6 Å². The lowest BCUT2D eigenvalue weighted by Crippen LogP contribution is -2.19. The normalized spacial score (nSPS) is 13.5. The summed E-state index contributed by atoms with van der Waals surface area (Å²) in [6.45, 7) is 3.79. The molecular formula is C14H23NO2S. The zero-order chi connectivity index (χ0) is 13.6. The minimum Gasteiger partial charge on any atom is -0.313 e. The maximum atomic E-state index is 11.5. The van der Waals surface area contributed by atoms with E-state index in [1.54, 1.807) is 6.92 Å². The first-order valence-electron chi connectivity index (χ1n) is 6.43. The van der Waals surface area contributed by atoms with Gasteiger partial charge in [0, 0.05) is 11.8 Å². The van der Waals surface area contributed by atoms with Crippen molar-refractivity contribution in [3.8, 4) is 0 Å². The highest BCUT2D eigenvalue weighted by atomic mass is 32.2. The molecule has 1 N–H and O–H groups in total. The maximum absolute atomic E-state index is 11.5. The molecule has 0 saturated carbocycles. The minimum atomic E-state index is -2.84. The van der Waals surface area contributed by atoms with E-state index in [9.17, 15) is 8.42 Å². The molecule has 1 aromatic carbocycles. The minimum absolute atomic E-state index is 0.234. The van der Waals surface area contributed by atoms with Crippen LogP contribution in [0.5, 0.6) is 0 Å². The first-order chi connectivity index (χ1) is 8.50. The molecule has 0 aliphatic rings. The molecular weight excluding hydrogens is 246 g/mol. The first-order valence-corrected chi connectivity index (χ1v) is 8.25. The smallest absolute Gasteiger partial charge is 0.150 e. The van der Waals surface area contributed by atoms with E-state index < -0.39 is 9.84 Å². The molecule has 0 radical (unpaired) electrons. The van der Waals surface area contributed by atoms with Crippen molar-refractivity contribution in [1.82, 2.24) is 5.32 Å². The summed E-state index contributed by atoms with van der Waals surface area (Å²) in [5.41, 5.74) is 2.50. The van der Waals surface area contributed by atoms with E-state index in [-0.39, 0.29) is 17.5 Å². The van der Waals surface area contributed by atoms with Crippen LogP contribution in [-0.2, 0) is 9.84 Å². The third-order valence-electron chi connectivity index (χ3n) is 3.30. The molecule has 4 heteroatoms. The number of sulfone groups is 1. The van der Waals surface area contributed by atoms with Crippen LogP contribution in [0.4, 0.5) is 0 Å².